The van der Waals surface area contributed by atoms with Crippen molar-refractivity contribution in [2.75, 3.05) is 7.11 Å². The number of rotatable bonds is 3. The average Bonchev–Trinajstić information content (AvgIpc) is 2.01. The lowest BCUT2D eigenvalue weighted by Gasteiger charge is -2.28. The number of hydrogen-bond acceptors (Lipinski definition) is 3. The first-order valence-corrected chi connectivity index (χ1v) is 4.01. The van der Waals surface area contributed by atoms with Gasteiger partial charge in [0.05, 0.1) is 7.11 Å². The first kappa shape index (κ1) is 11.1. The van der Waals surface area contributed by atoms with Gasteiger partial charge in [-0.25, -0.2) is 4.79 Å². The van der Waals surface area contributed by atoms with Gasteiger partial charge in [0.2, 0.25) is 0 Å². The highest BCUT2D eigenvalue weighted by Gasteiger charge is 2.32. The summed E-state index contributed by atoms with van der Waals surface area (Å²) < 4.78 is 4.49. The van der Waals surface area contributed by atoms with Crippen molar-refractivity contribution in [3.05, 3.63) is 0 Å². The van der Waals surface area contributed by atoms with Gasteiger partial charge in [-0.1, -0.05) is 27.7 Å². The molecule has 3 heteroatoms. The van der Waals surface area contributed by atoms with Crippen molar-refractivity contribution in [1.29, 1.82) is 5.41 Å². The molecule has 0 radical (unpaired) electrons. The maximum atomic E-state index is 11.0. The molecule has 1 N–H and O–H groups in total. The van der Waals surface area contributed by atoms with Gasteiger partial charge in [0.1, 0.15) is 5.71 Å². The normalized spacial score (nSPS) is 11.5. The van der Waals surface area contributed by atoms with Gasteiger partial charge in [0.25, 0.3) is 0 Å². The van der Waals surface area contributed by atoms with Gasteiger partial charge in [-0.2, -0.15) is 0 Å². The van der Waals surface area contributed by atoms with Crippen LogP contribution in [0.3, 0.4) is 0 Å². The van der Waals surface area contributed by atoms with Gasteiger partial charge in [0, 0.05) is 5.41 Å². The van der Waals surface area contributed by atoms with Gasteiger partial charge >= 0.3 is 5.97 Å². The molecule has 0 aliphatic rings. The van der Waals surface area contributed by atoms with E-state index in [4.69, 9.17) is 5.41 Å². The summed E-state index contributed by atoms with van der Waals surface area (Å²) in [4.78, 5) is 11.0. The van der Waals surface area contributed by atoms with E-state index in [2.05, 4.69) is 4.74 Å². The Balaban J connectivity index is 4.57. The molecule has 0 saturated heterocycles. The number of methoxy groups -OCH3 is 1. The summed E-state index contributed by atoms with van der Waals surface area (Å²) in [6.45, 7) is 7.71. The summed E-state index contributed by atoms with van der Waals surface area (Å²) in [5.74, 6) is -0.280. The van der Waals surface area contributed by atoms with Gasteiger partial charge < -0.3 is 4.74 Å². The first-order chi connectivity index (χ1) is 5.34. The highest BCUT2D eigenvalue weighted by Crippen LogP contribution is 2.27. The minimum absolute atomic E-state index is 0.0417. The van der Waals surface area contributed by atoms with E-state index in [0.717, 1.165) is 0 Å². The zero-order valence-corrected chi connectivity index (χ0v) is 8.39. The Kier molecular flexibility index (Phi) is 3.43. The van der Waals surface area contributed by atoms with E-state index in [-0.39, 0.29) is 11.6 Å². The molecule has 12 heavy (non-hydrogen) atoms. The van der Waals surface area contributed by atoms with Crippen LogP contribution in [-0.2, 0) is 9.53 Å². The number of ether oxygens (including phenoxy) is 1. The third kappa shape index (κ3) is 2.06. The second kappa shape index (κ2) is 3.70. The van der Waals surface area contributed by atoms with Crippen LogP contribution in [0.4, 0.5) is 0 Å². The molecule has 3 nitrogen and oxygen atoms in total. The van der Waals surface area contributed by atoms with Crippen LogP contribution >= 0.6 is 0 Å². The lowest BCUT2D eigenvalue weighted by Crippen LogP contribution is -2.35. The van der Waals surface area contributed by atoms with E-state index in [1.54, 1.807) is 0 Å². The summed E-state index contributed by atoms with van der Waals surface area (Å²) in [5.41, 5.74) is -0.368. The Morgan fingerprint density at radius 1 is 1.42 bits per heavy atom. The highest BCUT2D eigenvalue weighted by atomic mass is 16.5. The van der Waals surface area contributed by atoms with Crippen molar-refractivity contribution < 1.29 is 9.53 Å². The van der Waals surface area contributed by atoms with Crippen LogP contribution < -0.4 is 0 Å². The Morgan fingerprint density at radius 3 is 2.08 bits per heavy atom. The van der Waals surface area contributed by atoms with Crippen LogP contribution in [0.2, 0.25) is 0 Å². The van der Waals surface area contributed by atoms with E-state index in [1.807, 2.05) is 27.7 Å². The van der Waals surface area contributed by atoms with Crippen LogP contribution in [0.25, 0.3) is 0 Å². The van der Waals surface area contributed by atoms with Crippen molar-refractivity contribution in [2.24, 2.45) is 11.3 Å². The van der Waals surface area contributed by atoms with E-state index in [1.165, 1.54) is 7.11 Å². The van der Waals surface area contributed by atoms with Crippen molar-refractivity contribution in [2.45, 2.75) is 27.7 Å². The van der Waals surface area contributed by atoms with Gasteiger partial charge in [-0.15, -0.1) is 0 Å². The summed E-state index contributed by atoms with van der Waals surface area (Å²) in [6.07, 6.45) is 0. The number of carbonyl (C=O) groups excluding carboxylic acids is 1. The molecule has 0 fully saturated rings. The number of hydrogen-bond donors (Lipinski definition) is 1. The lowest BCUT2D eigenvalue weighted by molar-refractivity contribution is -0.133. The lowest BCUT2D eigenvalue weighted by atomic mass is 9.77. The highest BCUT2D eigenvalue weighted by molar-refractivity contribution is 6.37. The summed E-state index contributed by atoms with van der Waals surface area (Å²) >= 11 is 0. The fourth-order valence-corrected chi connectivity index (χ4v) is 0.654. The molecule has 0 aliphatic heterocycles. The Morgan fingerprint density at radius 2 is 1.83 bits per heavy atom. The maximum absolute atomic E-state index is 11.0. The molecular formula is C9H17NO2. The molecule has 0 rings (SSSR count). The fourth-order valence-electron chi connectivity index (χ4n) is 0.654. The Labute approximate surface area is 73.6 Å². The average molecular weight is 171 g/mol. The van der Waals surface area contributed by atoms with E-state index in [0.29, 0.717) is 0 Å². The molecule has 0 unspecified atom stereocenters. The van der Waals surface area contributed by atoms with Gasteiger partial charge in [-0.3, -0.25) is 5.41 Å². The topological polar surface area (TPSA) is 50.2 Å². The quantitative estimate of drug-likeness (QED) is 0.520. The van der Waals surface area contributed by atoms with Crippen LogP contribution in [0, 0.1) is 16.7 Å². The third-order valence-corrected chi connectivity index (χ3v) is 2.48. The summed E-state index contributed by atoms with van der Waals surface area (Å²) in [5, 5.41) is 7.55. The molecule has 0 bridgehead atoms. The fraction of sp³-hybridized carbons (Fsp3) is 0.778. The van der Waals surface area contributed by atoms with Crippen LogP contribution in [0.15, 0.2) is 0 Å². The minimum atomic E-state index is -0.534. The van der Waals surface area contributed by atoms with E-state index in [9.17, 15) is 4.79 Å². The van der Waals surface area contributed by atoms with Gasteiger partial charge in [0.15, 0.2) is 0 Å². The molecule has 0 atom stereocenters. The molecule has 0 heterocycles. The monoisotopic (exact) mass is 171 g/mol. The summed E-state index contributed by atoms with van der Waals surface area (Å²) in [7, 11) is 1.30. The molecule has 0 aromatic rings. The molecule has 0 aliphatic carbocycles. The van der Waals surface area contributed by atoms with Crippen LogP contribution in [0.1, 0.15) is 27.7 Å². The predicted octanol–water partition coefficient (Wildman–Crippen LogP) is 1.86. The molecule has 0 spiro atoms. The van der Waals surface area contributed by atoms with E-state index < -0.39 is 11.4 Å². The van der Waals surface area contributed by atoms with Crippen LogP contribution in [-0.4, -0.2) is 18.8 Å². The van der Waals surface area contributed by atoms with Gasteiger partial charge in [-0.05, 0) is 5.92 Å². The van der Waals surface area contributed by atoms with Crippen molar-refractivity contribution in [1.82, 2.24) is 0 Å². The third-order valence-electron chi connectivity index (χ3n) is 2.48. The SMILES string of the molecule is COC(=O)C(=N)C(C)(C)C(C)C. The zero-order valence-electron chi connectivity index (χ0n) is 8.39. The molecule has 0 amide bonds. The largest absolute Gasteiger partial charge is 0.465 e. The van der Waals surface area contributed by atoms with Crippen molar-refractivity contribution in [3.8, 4) is 0 Å². The Bertz CT molecular complexity index is 195. The van der Waals surface area contributed by atoms with Crippen molar-refractivity contribution in [3.63, 3.8) is 0 Å². The number of esters is 1. The maximum Gasteiger partial charge on any atom is 0.352 e. The first-order valence-electron chi connectivity index (χ1n) is 4.01. The molecule has 70 valence electrons. The zero-order chi connectivity index (χ0) is 9.94. The second-order valence-corrected chi connectivity index (χ2v) is 3.74. The number of carbonyl (C=O) groups is 1. The molecule has 0 aromatic carbocycles. The Hall–Kier alpha value is -0.860. The number of nitrogens with one attached hydrogen (secondary N) is 1. The molecule has 0 saturated carbocycles. The van der Waals surface area contributed by atoms with Crippen LogP contribution in [0.5, 0.6) is 0 Å². The molecular weight excluding hydrogens is 154 g/mol. The van der Waals surface area contributed by atoms with E-state index >= 15 is 0 Å². The minimum Gasteiger partial charge on any atom is -0.465 e. The predicted molar refractivity (Wildman–Crippen MR) is 48.4 cm³/mol. The standard InChI is InChI=1S/C9H17NO2/c1-6(2)9(3,4)7(10)8(11)12-5/h6,10H,1-5H3. The second-order valence-electron chi connectivity index (χ2n) is 3.74. The smallest absolute Gasteiger partial charge is 0.352 e. The summed E-state index contributed by atoms with van der Waals surface area (Å²) in [6, 6.07) is 0. The molecule has 0 aromatic heterocycles. The van der Waals surface area contributed by atoms with Crippen molar-refractivity contribution >= 4 is 11.7 Å².